The molecule has 2 aromatic carbocycles. The third-order valence-electron chi connectivity index (χ3n) is 3.59. The molecule has 3 aromatic rings. The van der Waals surface area contributed by atoms with E-state index in [0.29, 0.717) is 17.2 Å². The van der Waals surface area contributed by atoms with Crippen LogP contribution in [-0.2, 0) is 6.61 Å². The van der Waals surface area contributed by atoms with Crippen LogP contribution in [0.4, 0.5) is 8.78 Å². The summed E-state index contributed by atoms with van der Waals surface area (Å²) in [7, 11) is 1.55. The topological polar surface area (TPSA) is 87.6 Å². The fourth-order valence-electron chi connectivity index (χ4n) is 2.31. The third kappa shape index (κ3) is 3.49. The zero-order chi connectivity index (χ0) is 18.7. The first-order chi connectivity index (χ1) is 12.5. The van der Waals surface area contributed by atoms with E-state index in [1.54, 1.807) is 31.4 Å². The molecular formula is C18H14F2N2O4. The highest BCUT2D eigenvalue weighted by atomic mass is 19.1. The number of methoxy groups -OCH3 is 1. The highest BCUT2D eigenvalue weighted by Crippen LogP contribution is 2.26. The van der Waals surface area contributed by atoms with E-state index in [1.165, 1.54) is 0 Å². The molecule has 1 amide bonds. The van der Waals surface area contributed by atoms with Crippen molar-refractivity contribution in [3.63, 3.8) is 0 Å². The third-order valence-corrected chi connectivity index (χ3v) is 3.59. The summed E-state index contributed by atoms with van der Waals surface area (Å²) in [5.41, 5.74) is 5.25. The quantitative estimate of drug-likeness (QED) is 0.729. The SMILES string of the molecule is COc1cccc(-c2cc(COc3ccc(F)c(C(N)=O)c3F)no2)c1. The van der Waals surface area contributed by atoms with Crippen LogP contribution >= 0.6 is 0 Å². The summed E-state index contributed by atoms with van der Waals surface area (Å²) in [5, 5.41) is 3.84. The van der Waals surface area contributed by atoms with Gasteiger partial charge >= 0.3 is 0 Å². The first-order valence-electron chi connectivity index (χ1n) is 7.50. The normalized spacial score (nSPS) is 10.6. The molecule has 6 nitrogen and oxygen atoms in total. The predicted molar refractivity (Wildman–Crippen MR) is 87.7 cm³/mol. The van der Waals surface area contributed by atoms with Crippen molar-refractivity contribution in [2.45, 2.75) is 6.61 Å². The van der Waals surface area contributed by atoms with Crippen LogP contribution in [-0.4, -0.2) is 18.2 Å². The standard InChI is InChI=1S/C18H14F2N2O4/c1-24-12-4-2-3-10(7-12)15-8-11(22-26-15)9-25-14-6-5-13(19)16(17(14)20)18(21)23/h2-8H,9H2,1H3,(H2,21,23). The second-order valence-electron chi connectivity index (χ2n) is 5.30. The Morgan fingerprint density at radius 3 is 2.77 bits per heavy atom. The van der Waals surface area contributed by atoms with Gasteiger partial charge in [0.15, 0.2) is 17.3 Å². The summed E-state index contributed by atoms with van der Waals surface area (Å²) in [5.74, 6) is -2.61. The number of ether oxygens (including phenoxy) is 2. The van der Waals surface area contributed by atoms with E-state index in [9.17, 15) is 13.6 Å². The minimum atomic E-state index is -1.22. The number of nitrogens with two attached hydrogens (primary N) is 1. The van der Waals surface area contributed by atoms with E-state index in [4.69, 9.17) is 19.7 Å². The zero-order valence-corrected chi connectivity index (χ0v) is 13.7. The largest absolute Gasteiger partial charge is 0.497 e. The van der Waals surface area contributed by atoms with E-state index >= 15 is 0 Å². The summed E-state index contributed by atoms with van der Waals surface area (Å²) >= 11 is 0. The van der Waals surface area contributed by atoms with E-state index in [2.05, 4.69) is 5.16 Å². The maximum absolute atomic E-state index is 14.1. The molecule has 0 bridgehead atoms. The highest BCUT2D eigenvalue weighted by Gasteiger charge is 2.19. The van der Waals surface area contributed by atoms with Crippen LogP contribution in [0.1, 0.15) is 16.1 Å². The van der Waals surface area contributed by atoms with E-state index in [1.807, 2.05) is 6.07 Å². The highest BCUT2D eigenvalue weighted by molar-refractivity contribution is 5.93. The Hall–Kier alpha value is -3.42. The maximum atomic E-state index is 14.1. The van der Waals surface area contributed by atoms with Gasteiger partial charge in [0.2, 0.25) is 0 Å². The number of nitrogens with zero attached hydrogens (tertiary/aromatic N) is 1. The van der Waals surface area contributed by atoms with Gasteiger partial charge < -0.3 is 19.7 Å². The van der Waals surface area contributed by atoms with Crippen molar-refractivity contribution in [3.05, 3.63) is 65.4 Å². The number of benzene rings is 2. The van der Waals surface area contributed by atoms with Gasteiger partial charge in [-0.3, -0.25) is 4.79 Å². The molecule has 0 radical (unpaired) electrons. The molecule has 1 heterocycles. The average molecular weight is 360 g/mol. The minimum Gasteiger partial charge on any atom is -0.497 e. The Labute approximate surface area is 147 Å². The van der Waals surface area contributed by atoms with Gasteiger partial charge in [0.1, 0.15) is 29.4 Å². The predicted octanol–water partition coefficient (Wildman–Crippen LogP) is 3.31. The lowest BCUT2D eigenvalue weighted by Gasteiger charge is -2.08. The molecule has 0 aliphatic carbocycles. The number of primary amides is 1. The second-order valence-corrected chi connectivity index (χ2v) is 5.30. The second kappa shape index (κ2) is 7.22. The molecule has 0 saturated carbocycles. The Morgan fingerprint density at radius 2 is 2.04 bits per heavy atom. The molecule has 0 unspecified atom stereocenters. The summed E-state index contributed by atoms with van der Waals surface area (Å²) in [6, 6.07) is 10.8. The number of hydrogen-bond acceptors (Lipinski definition) is 5. The van der Waals surface area contributed by atoms with Gasteiger partial charge in [-0.15, -0.1) is 0 Å². The number of carbonyl (C=O) groups is 1. The van der Waals surface area contributed by atoms with Crippen LogP contribution in [0.2, 0.25) is 0 Å². The summed E-state index contributed by atoms with van der Waals surface area (Å²) in [6.45, 7) is -0.145. The van der Waals surface area contributed by atoms with Crippen molar-refractivity contribution in [2.75, 3.05) is 7.11 Å². The maximum Gasteiger partial charge on any atom is 0.254 e. The molecule has 8 heteroatoms. The molecular weight excluding hydrogens is 346 g/mol. The molecule has 0 aliphatic heterocycles. The molecule has 134 valence electrons. The van der Waals surface area contributed by atoms with Crippen LogP contribution in [0.5, 0.6) is 11.5 Å². The number of rotatable bonds is 6. The van der Waals surface area contributed by atoms with Crippen molar-refractivity contribution in [1.82, 2.24) is 5.16 Å². The van der Waals surface area contributed by atoms with E-state index in [-0.39, 0.29) is 12.4 Å². The lowest BCUT2D eigenvalue weighted by atomic mass is 10.1. The molecule has 3 rings (SSSR count). The van der Waals surface area contributed by atoms with Gasteiger partial charge in [-0.1, -0.05) is 17.3 Å². The number of aromatic nitrogens is 1. The van der Waals surface area contributed by atoms with Crippen molar-refractivity contribution >= 4 is 5.91 Å². The van der Waals surface area contributed by atoms with Crippen molar-refractivity contribution < 1.29 is 27.6 Å². The molecule has 0 saturated heterocycles. The molecule has 0 fully saturated rings. The molecule has 2 N–H and O–H groups in total. The summed E-state index contributed by atoms with van der Waals surface area (Å²) in [6.07, 6.45) is 0. The molecule has 26 heavy (non-hydrogen) atoms. The number of halogens is 2. The molecule has 0 spiro atoms. The first-order valence-corrected chi connectivity index (χ1v) is 7.50. The van der Waals surface area contributed by atoms with Crippen LogP contribution < -0.4 is 15.2 Å². The Kier molecular flexibility index (Phi) is 4.83. The van der Waals surface area contributed by atoms with Gasteiger partial charge in [0.25, 0.3) is 5.91 Å². The monoisotopic (exact) mass is 360 g/mol. The number of hydrogen-bond donors (Lipinski definition) is 1. The number of amides is 1. The van der Waals surface area contributed by atoms with Crippen LogP contribution in [0.25, 0.3) is 11.3 Å². The van der Waals surface area contributed by atoms with Gasteiger partial charge in [-0.05, 0) is 24.3 Å². The molecule has 0 aliphatic rings. The Bertz CT molecular complexity index is 956. The van der Waals surface area contributed by atoms with E-state index in [0.717, 1.165) is 17.7 Å². The van der Waals surface area contributed by atoms with Gasteiger partial charge in [0, 0.05) is 11.6 Å². The van der Waals surface area contributed by atoms with Gasteiger partial charge in [-0.25, -0.2) is 8.78 Å². The lowest BCUT2D eigenvalue weighted by molar-refractivity contribution is 0.0991. The first kappa shape index (κ1) is 17.4. The summed E-state index contributed by atoms with van der Waals surface area (Å²) in [4.78, 5) is 11.1. The zero-order valence-electron chi connectivity index (χ0n) is 13.7. The molecule has 0 atom stereocenters. The van der Waals surface area contributed by atoms with Crippen LogP contribution in [0, 0.1) is 11.6 Å². The lowest BCUT2D eigenvalue weighted by Crippen LogP contribution is -2.16. The van der Waals surface area contributed by atoms with Crippen LogP contribution in [0.3, 0.4) is 0 Å². The van der Waals surface area contributed by atoms with Crippen molar-refractivity contribution in [1.29, 1.82) is 0 Å². The smallest absolute Gasteiger partial charge is 0.254 e. The fourth-order valence-corrected chi connectivity index (χ4v) is 2.31. The number of carbonyl (C=O) groups excluding carboxylic acids is 1. The van der Waals surface area contributed by atoms with Crippen molar-refractivity contribution in [3.8, 4) is 22.8 Å². The Morgan fingerprint density at radius 1 is 1.23 bits per heavy atom. The van der Waals surface area contributed by atoms with E-state index < -0.39 is 23.1 Å². The minimum absolute atomic E-state index is 0.145. The molecule has 1 aromatic heterocycles. The fraction of sp³-hybridized carbons (Fsp3) is 0.111. The van der Waals surface area contributed by atoms with Gasteiger partial charge in [-0.2, -0.15) is 0 Å². The van der Waals surface area contributed by atoms with Gasteiger partial charge in [0.05, 0.1) is 7.11 Å². The Balaban J connectivity index is 1.76. The summed E-state index contributed by atoms with van der Waals surface area (Å²) < 4.78 is 43.2. The van der Waals surface area contributed by atoms with Crippen molar-refractivity contribution in [2.24, 2.45) is 5.73 Å². The van der Waals surface area contributed by atoms with Crippen LogP contribution in [0.15, 0.2) is 47.0 Å². The average Bonchev–Trinajstić information content (AvgIpc) is 3.10.